The summed E-state index contributed by atoms with van der Waals surface area (Å²) in [6.07, 6.45) is 1.87. The van der Waals surface area contributed by atoms with Gasteiger partial charge in [-0.2, -0.15) is 4.99 Å². The second-order valence-corrected chi connectivity index (χ2v) is 6.60. The van der Waals surface area contributed by atoms with Crippen molar-refractivity contribution in [1.82, 2.24) is 9.80 Å². The molecule has 3 rings (SSSR count). The lowest BCUT2D eigenvalue weighted by molar-refractivity contribution is -0.113. The van der Waals surface area contributed by atoms with Crippen LogP contribution in [0.3, 0.4) is 0 Å². The SMILES string of the molecule is CN1CCN(C2=NC(=O)/C(=C/c3ccc(Cl)cc3)S2)CC1. The van der Waals surface area contributed by atoms with Gasteiger partial charge in [0.1, 0.15) is 0 Å². The fourth-order valence-corrected chi connectivity index (χ4v) is 3.33. The van der Waals surface area contributed by atoms with Crippen molar-refractivity contribution in [3.8, 4) is 0 Å². The van der Waals surface area contributed by atoms with E-state index >= 15 is 0 Å². The molecule has 0 aromatic heterocycles. The first-order valence-corrected chi connectivity index (χ1v) is 8.03. The van der Waals surface area contributed by atoms with Gasteiger partial charge in [-0.05, 0) is 42.6 Å². The lowest BCUT2D eigenvalue weighted by atomic mass is 10.2. The molecule has 1 fully saturated rings. The summed E-state index contributed by atoms with van der Waals surface area (Å²) in [6, 6.07) is 7.44. The van der Waals surface area contributed by atoms with Crippen molar-refractivity contribution in [2.75, 3.05) is 33.2 Å². The van der Waals surface area contributed by atoms with Crippen LogP contribution in [0.2, 0.25) is 5.02 Å². The summed E-state index contributed by atoms with van der Waals surface area (Å²) in [5, 5.41) is 1.52. The Hall–Kier alpha value is -1.30. The third-order valence-electron chi connectivity index (χ3n) is 3.55. The number of thioether (sulfide) groups is 1. The van der Waals surface area contributed by atoms with Crippen molar-refractivity contribution in [2.45, 2.75) is 0 Å². The van der Waals surface area contributed by atoms with Crippen LogP contribution in [0.5, 0.6) is 0 Å². The third kappa shape index (κ3) is 3.48. The quantitative estimate of drug-likeness (QED) is 0.745. The Morgan fingerprint density at radius 1 is 1.19 bits per heavy atom. The molecule has 21 heavy (non-hydrogen) atoms. The molecule has 2 aliphatic heterocycles. The zero-order valence-electron chi connectivity index (χ0n) is 11.8. The number of benzene rings is 1. The number of aliphatic imine (C=N–C) groups is 1. The van der Waals surface area contributed by atoms with Gasteiger partial charge in [-0.15, -0.1) is 0 Å². The number of rotatable bonds is 1. The first-order valence-electron chi connectivity index (χ1n) is 6.83. The minimum absolute atomic E-state index is 0.149. The average molecular weight is 322 g/mol. The highest BCUT2D eigenvalue weighted by atomic mass is 35.5. The third-order valence-corrected chi connectivity index (χ3v) is 4.85. The first-order chi connectivity index (χ1) is 10.1. The van der Waals surface area contributed by atoms with Crippen LogP contribution in [-0.4, -0.2) is 54.1 Å². The number of carbonyl (C=O) groups excluding carboxylic acids is 1. The van der Waals surface area contributed by atoms with Gasteiger partial charge in [0.15, 0.2) is 5.17 Å². The summed E-state index contributed by atoms with van der Waals surface area (Å²) in [5.41, 5.74) is 0.963. The van der Waals surface area contributed by atoms with Gasteiger partial charge in [0, 0.05) is 31.2 Å². The largest absolute Gasteiger partial charge is 0.348 e. The van der Waals surface area contributed by atoms with Crippen molar-refractivity contribution in [1.29, 1.82) is 0 Å². The number of amides is 1. The molecule has 0 aliphatic carbocycles. The van der Waals surface area contributed by atoms with E-state index in [-0.39, 0.29) is 5.91 Å². The van der Waals surface area contributed by atoms with Gasteiger partial charge in [0.25, 0.3) is 5.91 Å². The van der Waals surface area contributed by atoms with E-state index in [1.807, 2.05) is 30.3 Å². The lowest BCUT2D eigenvalue weighted by Crippen LogP contribution is -2.46. The van der Waals surface area contributed by atoms with Gasteiger partial charge < -0.3 is 9.80 Å². The highest BCUT2D eigenvalue weighted by Gasteiger charge is 2.27. The molecule has 6 heteroatoms. The van der Waals surface area contributed by atoms with E-state index in [0.29, 0.717) is 9.93 Å². The van der Waals surface area contributed by atoms with E-state index in [4.69, 9.17) is 11.6 Å². The highest BCUT2D eigenvalue weighted by molar-refractivity contribution is 8.18. The number of nitrogens with zero attached hydrogens (tertiary/aromatic N) is 3. The van der Waals surface area contributed by atoms with Crippen LogP contribution in [0.25, 0.3) is 6.08 Å². The van der Waals surface area contributed by atoms with Gasteiger partial charge in [-0.25, -0.2) is 0 Å². The average Bonchev–Trinajstić information content (AvgIpc) is 2.83. The Labute approximate surface area is 133 Å². The van der Waals surface area contributed by atoms with Crippen LogP contribution < -0.4 is 0 Å². The molecule has 0 atom stereocenters. The van der Waals surface area contributed by atoms with E-state index in [2.05, 4.69) is 21.8 Å². The summed E-state index contributed by atoms with van der Waals surface area (Å²) in [4.78, 5) is 21.3. The molecule has 4 nitrogen and oxygen atoms in total. The van der Waals surface area contributed by atoms with E-state index in [1.54, 1.807) is 0 Å². The van der Waals surface area contributed by atoms with Crippen LogP contribution >= 0.6 is 23.4 Å². The monoisotopic (exact) mass is 321 g/mol. The molecular weight excluding hydrogens is 306 g/mol. The molecule has 0 saturated carbocycles. The Morgan fingerprint density at radius 2 is 1.86 bits per heavy atom. The predicted molar refractivity (Wildman–Crippen MR) is 88.5 cm³/mol. The van der Waals surface area contributed by atoms with E-state index < -0.39 is 0 Å². The smallest absolute Gasteiger partial charge is 0.286 e. The molecule has 110 valence electrons. The van der Waals surface area contributed by atoms with Crippen LogP contribution in [0.4, 0.5) is 0 Å². The Bertz CT molecular complexity index is 604. The van der Waals surface area contributed by atoms with Gasteiger partial charge >= 0.3 is 0 Å². The molecular formula is C15H16ClN3OS. The number of carbonyl (C=O) groups is 1. The zero-order chi connectivity index (χ0) is 14.8. The summed E-state index contributed by atoms with van der Waals surface area (Å²) >= 11 is 7.33. The second kappa shape index (κ2) is 6.22. The van der Waals surface area contributed by atoms with Crippen LogP contribution in [0.1, 0.15) is 5.56 Å². The molecule has 0 spiro atoms. The Kier molecular flexibility index (Phi) is 4.33. The minimum Gasteiger partial charge on any atom is -0.348 e. The van der Waals surface area contributed by atoms with Crippen molar-refractivity contribution in [3.63, 3.8) is 0 Å². The Balaban J connectivity index is 1.71. The van der Waals surface area contributed by atoms with Gasteiger partial charge in [0.2, 0.25) is 0 Å². The Morgan fingerprint density at radius 3 is 2.52 bits per heavy atom. The maximum atomic E-state index is 12.0. The maximum absolute atomic E-state index is 12.0. The number of hydrogen-bond donors (Lipinski definition) is 0. The minimum atomic E-state index is -0.149. The van der Waals surface area contributed by atoms with Crippen molar-refractivity contribution < 1.29 is 4.79 Å². The fraction of sp³-hybridized carbons (Fsp3) is 0.333. The number of piperazine rings is 1. The summed E-state index contributed by atoms with van der Waals surface area (Å²) in [6.45, 7) is 3.85. The van der Waals surface area contributed by atoms with E-state index in [0.717, 1.165) is 36.9 Å². The zero-order valence-corrected chi connectivity index (χ0v) is 13.3. The van der Waals surface area contributed by atoms with Crippen LogP contribution in [-0.2, 0) is 4.79 Å². The summed E-state index contributed by atoms with van der Waals surface area (Å²) < 4.78 is 0. The number of halogens is 1. The second-order valence-electron chi connectivity index (χ2n) is 5.15. The van der Waals surface area contributed by atoms with E-state index in [1.165, 1.54) is 11.8 Å². The standard InChI is InChI=1S/C15H16ClN3OS/c1-18-6-8-19(9-7-18)15-17-14(20)13(21-15)10-11-2-4-12(16)5-3-11/h2-5,10H,6-9H2,1H3/b13-10-. The van der Waals surface area contributed by atoms with Crippen molar-refractivity contribution in [3.05, 3.63) is 39.8 Å². The summed E-state index contributed by atoms with van der Waals surface area (Å²) in [7, 11) is 2.11. The van der Waals surface area contributed by atoms with Gasteiger partial charge in [0.05, 0.1) is 4.91 Å². The molecule has 2 aliphatic rings. The lowest BCUT2D eigenvalue weighted by Gasteiger charge is -2.32. The molecule has 0 radical (unpaired) electrons. The van der Waals surface area contributed by atoms with Crippen molar-refractivity contribution in [2.24, 2.45) is 4.99 Å². The highest BCUT2D eigenvalue weighted by Crippen LogP contribution is 2.30. The van der Waals surface area contributed by atoms with Gasteiger partial charge in [-0.1, -0.05) is 23.7 Å². The number of hydrogen-bond acceptors (Lipinski definition) is 4. The van der Waals surface area contributed by atoms with Crippen molar-refractivity contribution >= 4 is 40.5 Å². The molecule has 1 aromatic carbocycles. The molecule has 0 unspecified atom stereocenters. The number of amidine groups is 1. The summed E-state index contributed by atoms with van der Waals surface area (Å²) in [5.74, 6) is -0.149. The molecule has 1 saturated heterocycles. The molecule has 1 amide bonds. The normalized spacial score (nSPS) is 22.0. The van der Waals surface area contributed by atoms with Crippen LogP contribution in [0.15, 0.2) is 34.2 Å². The first kappa shape index (κ1) is 14.6. The maximum Gasteiger partial charge on any atom is 0.286 e. The fourth-order valence-electron chi connectivity index (χ4n) is 2.24. The van der Waals surface area contributed by atoms with Gasteiger partial charge in [-0.3, -0.25) is 4.79 Å². The van der Waals surface area contributed by atoms with E-state index in [9.17, 15) is 4.79 Å². The molecule has 1 aromatic rings. The topological polar surface area (TPSA) is 35.9 Å². The molecule has 0 bridgehead atoms. The number of likely N-dealkylation sites (N-methyl/N-ethyl adjacent to an activating group) is 1. The molecule has 2 heterocycles. The van der Waals surface area contributed by atoms with Crippen LogP contribution in [0, 0.1) is 0 Å². The predicted octanol–water partition coefficient (Wildman–Crippen LogP) is 2.56. The molecule has 0 N–H and O–H groups in total.